The number of carbonyl (C=O) groups excluding carboxylic acids is 4. The summed E-state index contributed by atoms with van der Waals surface area (Å²) >= 11 is 0. The number of allylic oxidation sites excluding steroid dienone is 1. The van der Waals surface area contributed by atoms with E-state index in [1.807, 2.05) is 12.2 Å². The van der Waals surface area contributed by atoms with Gasteiger partial charge in [0.05, 0.1) is 32.2 Å². The lowest BCUT2D eigenvalue weighted by Gasteiger charge is -2.24. The number of rotatable bonds is 4. The van der Waals surface area contributed by atoms with Gasteiger partial charge in [0, 0.05) is 13.5 Å². The number of carbonyl (C=O) groups is 4. The zero-order chi connectivity index (χ0) is 24.4. The SMILES string of the molecule is COCCOC1/C=C\C[C@H](C)OC(=O)CC(=O)CC(=O)CC(=O)/C=C/C[C@@H]2OC(C)(C)O[C@@H]12. The molecule has 4 atom stereocenters. The first-order chi connectivity index (χ1) is 15.6. The Kier molecular flexibility index (Phi) is 10.6. The van der Waals surface area contributed by atoms with Gasteiger partial charge < -0.3 is 23.7 Å². The second-order valence-electron chi connectivity index (χ2n) is 8.64. The maximum atomic E-state index is 12.1. The molecule has 2 aliphatic rings. The molecule has 0 spiro atoms. The van der Waals surface area contributed by atoms with Gasteiger partial charge in [0.2, 0.25) is 0 Å². The molecule has 1 unspecified atom stereocenters. The van der Waals surface area contributed by atoms with Crippen molar-refractivity contribution in [3.8, 4) is 0 Å². The molecule has 2 rings (SSSR count). The van der Waals surface area contributed by atoms with E-state index >= 15 is 0 Å². The van der Waals surface area contributed by atoms with Gasteiger partial charge in [-0.3, -0.25) is 19.2 Å². The van der Waals surface area contributed by atoms with Crippen LogP contribution >= 0.6 is 0 Å². The quantitative estimate of drug-likeness (QED) is 0.266. The van der Waals surface area contributed by atoms with E-state index in [0.29, 0.717) is 26.1 Å². The highest BCUT2D eigenvalue weighted by Gasteiger charge is 2.44. The van der Waals surface area contributed by atoms with Gasteiger partial charge in [-0.05, 0) is 33.3 Å². The molecule has 2 heterocycles. The average Bonchev–Trinajstić information content (AvgIpc) is 3.00. The molecule has 0 amide bonds. The second kappa shape index (κ2) is 12.9. The largest absolute Gasteiger partial charge is 0.462 e. The summed E-state index contributed by atoms with van der Waals surface area (Å²) in [6.07, 6.45) is 4.21. The molecule has 0 bridgehead atoms. The third-order valence-electron chi connectivity index (χ3n) is 5.05. The van der Waals surface area contributed by atoms with Crippen LogP contribution in [0.5, 0.6) is 0 Å². The minimum absolute atomic E-state index is 0.335. The van der Waals surface area contributed by atoms with E-state index in [-0.39, 0.29) is 0 Å². The topological polar surface area (TPSA) is 114 Å². The van der Waals surface area contributed by atoms with E-state index in [9.17, 15) is 19.2 Å². The molecule has 1 saturated heterocycles. The van der Waals surface area contributed by atoms with Gasteiger partial charge in [-0.15, -0.1) is 0 Å². The van der Waals surface area contributed by atoms with Crippen LogP contribution < -0.4 is 0 Å². The van der Waals surface area contributed by atoms with Crippen molar-refractivity contribution < 1.29 is 42.9 Å². The lowest BCUT2D eigenvalue weighted by molar-refractivity contribution is -0.156. The maximum Gasteiger partial charge on any atom is 0.313 e. The number of fused-ring (bicyclic) bond motifs is 1. The smallest absolute Gasteiger partial charge is 0.313 e. The van der Waals surface area contributed by atoms with Crippen LogP contribution in [0.25, 0.3) is 0 Å². The van der Waals surface area contributed by atoms with Crippen LogP contribution in [0.2, 0.25) is 0 Å². The summed E-state index contributed by atoms with van der Waals surface area (Å²) < 4.78 is 28.4. The Morgan fingerprint density at radius 2 is 1.70 bits per heavy atom. The Hall–Kier alpha value is -2.20. The first-order valence-electron chi connectivity index (χ1n) is 11.1. The molecule has 2 aliphatic heterocycles. The van der Waals surface area contributed by atoms with Crippen LogP contribution in [0.15, 0.2) is 24.3 Å². The molecule has 1 fully saturated rings. The third kappa shape index (κ3) is 9.67. The number of cyclic esters (lactones) is 1. The van der Waals surface area contributed by atoms with Gasteiger partial charge in [-0.1, -0.05) is 18.2 Å². The number of hydrogen-bond donors (Lipinski definition) is 0. The zero-order valence-corrected chi connectivity index (χ0v) is 19.7. The van der Waals surface area contributed by atoms with Crippen LogP contribution in [-0.2, 0) is 42.9 Å². The summed E-state index contributed by atoms with van der Waals surface area (Å²) in [5.41, 5.74) is 0. The van der Waals surface area contributed by atoms with Crippen molar-refractivity contribution in [1.29, 1.82) is 0 Å². The van der Waals surface area contributed by atoms with Crippen molar-refractivity contribution in [2.24, 2.45) is 0 Å². The summed E-state index contributed by atoms with van der Waals surface area (Å²) in [6.45, 7) is 6.05. The molecule has 184 valence electrons. The molecule has 33 heavy (non-hydrogen) atoms. The number of ether oxygens (including phenoxy) is 5. The molecular formula is C24H34O9. The van der Waals surface area contributed by atoms with E-state index < -0.39 is 72.8 Å². The number of hydrogen-bond acceptors (Lipinski definition) is 9. The first kappa shape index (κ1) is 27.0. The lowest BCUT2D eigenvalue weighted by atomic mass is 10.0. The van der Waals surface area contributed by atoms with Gasteiger partial charge in [0.15, 0.2) is 17.4 Å². The molecule has 9 heteroatoms. The van der Waals surface area contributed by atoms with Crippen LogP contribution in [-0.4, -0.2) is 73.8 Å². The van der Waals surface area contributed by atoms with Crippen molar-refractivity contribution in [1.82, 2.24) is 0 Å². The summed E-state index contributed by atoms with van der Waals surface area (Å²) in [7, 11) is 1.58. The molecule has 0 saturated carbocycles. The zero-order valence-electron chi connectivity index (χ0n) is 19.7. The highest BCUT2D eigenvalue weighted by molar-refractivity contribution is 6.12. The molecule has 0 aromatic heterocycles. The Balaban J connectivity index is 2.24. The molecule has 0 aromatic rings. The fourth-order valence-corrected chi connectivity index (χ4v) is 3.66. The first-order valence-corrected chi connectivity index (χ1v) is 11.1. The average molecular weight is 467 g/mol. The Morgan fingerprint density at radius 3 is 2.42 bits per heavy atom. The van der Waals surface area contributed by atoms with Crippen molar-refractivity contribution >= 4 is 23.3 Å². The van der Waals surface area contributed by atoms with Crippen LogP contribution in [0, 0.1) is 0 Å². The van der Waals surface area contributed by atoms with E-state index in [1.54, 1.807) is 34.0 Å². The molecule has 0 aromatic carbocycles. The highest BCUT2D eigenvalue weighted by atomic mass is 16.8. The number of esters is 1. The van der Waals surface area contributed by atoms with Gasteiger partial charge in [-0.2, -0.15) is 0 Å². The number of ketones is 3. The van der Waals surface area contributed by atoms with Gasteiger partial charge in [0.25, 0.3) is 0 Å². The Labute approximate surface area is 194 Å². The predicted molar refractivity (Wildman–Crippen MR) is 117 cm³/mol. The van der Waals surface area contributed by atoms with Crippen molar-refractivity contribution in [2.75, 3.05) is 20.3 Å². The Bertz CT molecular complexity index is 768. The summed E-state index contributed by atoms with van der Waals surface area (Å²) in [4.78, 5) is 48.1. The molecule has 9 nitrogen and oxygen atoms in total. The van der Waals surface area contributed by atoms with E-state index in [0.717, 1.165) is 0 Å². The van der Waals surface area contributed by atoms with E-state index in [1.165, 1.54) is 6.08 Å². The third-order valence-corrected chi connectivity index (χ3v) is 5.05. The van der Waals surface area contributed by atoms with Crippen LogP contribution in [0.1, 0.15) is 52.9 Å². The van der Waals surface area contributed by atoms with E-state index in [4.69, 9.17) is 23.7 Å². The predicted octanol–water partition coefficient (Wildman–Crippen LogP) is 2.25. The fraction of sp³-hybridized carbons (Fsp3) is 0.667. The van der Waals surface area contributed by atoms with E-state index in [2.05, 4.69) is 0 Å². The van der Waals surface area contributed by atoms with Crippen molar-refractivity contribution in [3.05, 3.63) is 24.3 Å². The summed E-state index contributed by atoms with van der Waals surface area (Å²) in [6, 6.07) is 0. The minimum atomic E-state index is -0.845. The second-order valence-corrected chi connectivity index (χ2v) is 8.64. The van der Waals surface area contributed by atoms with Crippen LogP contribution in [0.3, 0.4) is 0 Å². The molecule has 0 radical (unpaired) electrons. The monoisotopic (exact) mass is 466 g/mol. The highest BCUT2D eigenvalue weighted by Crippen LogP contribution is 2.33. The molecule has 0 aliphatic carbocycles. The molecular weight excluding hydrogens is 432 g/mol. The van der Waals surface area contributed by atoms with Gasteiger partial charge in [0.1, 0.15) is 30.5 Å². The summed E-state index contributed by atoms with van der Waals surface area (Å²) in [5, 5.41) is 0. The standard InChI is InChI=1S/C24H34O9/c1-16-7-5-9-20(30-12-11-29-4)23-21(32-24(2,3)33-23)10-6-8-17(25)13-18(26)14-19(27)15-22(28)31-16/h5-6,8-9,16,20-21,23H,7,10-15H2,1-4H3/b8-6+,9-5-/t16-,20?,21-,23-/m0/s1. The molecule has 0 N–H and O–H groups in total. The van der Waals surface area contributed by atoms with Crippen molar-refractivity contribution in [2.45, 2.75) is 83.1 Å². The van der Waals surface area contributed by atoms with Crippen molar-refractivity contribution in [3.63, 3.8) is 0 Å². The van der Waals surface area contributed by atoms with Gasteiger partial charge >= 0.3 is 5.97 Å². The van der Waals surface area contributed by atoms with Gasteiger partial charge in [-0.25, -0.2) is 0 Å². The minimum Gasteiger partial charge on any atom is -0.462 e. The number of methoxy groups -OCH3 is 1. The lowest BCUT2D eigenvalue weighted by Crippen LogP contribution is -2.36. The fourth-order valence-electron chi connectivity index (χ4n) is 3.66. The summed E-state index contributed by atoms with van der Waals surface area (Å²) in [5.74, 6) is -3.08. The normalized spacial score (nSPS) is 31.9. The number of Topliss-reactive ketones (excluding diaryl/α,β-unsaturated/α-hetero) is 2. The maximum absolute atomic E-state index is 12.1. The van der Waals surface area contributed by atoms with Crippen LogP contribution in [0.4, 0.5) is 0 Å². The Morgan fingerprint density at radius 1 is 0.970 bits per heavy atom.